The number of likely N-dealkylation sites (tertiary alicyclic amines) is 1. The maximum atomic E-state index is 12.1. The Hall–Kier alpha value is -1.55. The van der Waals surface area contributed by atoms with E-state index in [2.05, 4.69) is 37.4 Å². The number of nitrogens with zero attached hydrogens (tertiary/aromatic N) is 1. The lowest BCUT2D eigenvalue weighted by Gasteiger charge is -2.33. The van der Waals surface area contributed by atoms with Crippen LogP contribution in [0.3, 0.4) is 0 Å². The maximum Gasteiger partial charge on any atom is 0.410 e. The van der Waals surface area contributed by atoms with Crippen LogP contribution in [-0.4, -0.2) is 36.2 Å². The van der Waals surface area contributed by atoms with Crippen LogP contribution >= 0.6 is 0 Å². The summed E-state index contributed by atoms with van der Waals surface area (Å²) >= 11 is 0. The van der Waals surface area contributed by atoms with E-state index < -0.39 is 5.60 Å². The van der Waals surface area contributed by atoms with Gasteiger partial charge in [0.05, 0.1) is 0 Å². The highest BCUT2D eigenvalue weighted by molar-refractivity contribution is 5.68. The van der Waals surface area contributed by atoms with E-state index in [0.717, 1.165) is 39.0 Å². The lowest BCUT2D eigenvalue weighted by Crippen LogP contribution is -2.43. The Labute approximate surface area is 146 Å². The van der Waals surface area contributed by atoms with Crippen molar-refractivity contribution in [1.82, 2.24) is 10.2 Å². The van der Waals surface area contributed by atoms with E-state index in [-0.39, 0.29) is 6.09 Å². The number of aryl methyl sites for hydroxylation is 2. The largest absolute Gasteiger partial charge is 0.444 e. The summed E-state index contributed by atoms with van der Waals surface area (Å²) < 4.78 is 5.45. The Kier molecular flexibility index (Phi) is 6.27. The molecule has 1 aromatic carbocycles. The second kappa shape index (κ2) is 8.02. The third-order valence-corrected chi connectivity index (χ3v) is 4.52. The second-order valence-electron chi connectivity index (χ2n) is 7.97. The molecule has 1 amide bonds. The van der Waals surface area contributed by atoms with Crippen LogP contribution in [0.5, 0.6) is 0 Å². The van der Waals surface area contributed by atoms with E-state index in [1.54, 1.807) is 0 Å². The zero-order valence-corrected chi connectivity index (χ0v) is 15.8. The lowest BCUT2D eigenvalue weighted by atomic mass is 9.97. The van der Waals surface area contributed by atoms with Gasteiger partial charge in [0.15, 0.2) is 0 Å². The van der Waals surface area contributed by atoms with Crippen molar-refractivity contribution in [3.8, 4) is 0 Å². The third-order valence-electron chi connectivity index (χ3n) is 4.52. The number of piperidine rings is 1. The normalized spacial score (nSPS) is 16.3. The van der Waals surface area contributed by atoms with Crippen molar-refractivity contribution in [2.24, 2.45) is 5.92 Å². The Morgan fingerprint density at radius 2 is 1.92 bits per heavy atom. The van der Waals surface area contributed by atoms with Gasteiger partial charge in [0.25, 0.3) is 0 Å². The Balaban J connectivity index is 1.72. The van der Waals surface area contributed by atoms with Gasteiger partial charge in [-0.25, -0.2) is 4.79 Å². The molecule has 1 saturated heterocycles. The van der Waals surface area contributed by atoms with E-state index in [1.165, 1.54) is 16.7 Å². The number of amides is 1. The fourth-order valence-electron chi connectivity index (χ4n) is 3.05. The Morgan fingerprint density at radius 3 is 2.54 bits per heavy atom. The quantitative estimate of drug-likeness (QED) is 0.905. The van der Waals surface area contributed by atoms with E-state index >= 15 is 0 Å². The van der Waals surface area contributed by atoms with Gasteiger partial charge in [-0.1, -0.05) is 23.8 Å². The summed E-state index contributed by atoms with van der Waals surface area (Å²) in [6.07, 6.45) is 1.90. The number of ether oxygens (including phenoxy) is 1. The summed E-state index contributed by atoms with van der Waals surface area (Å²) in [5, 5.41) is 3.59. The van der Waals surface area contributed by atoms with Gasteiger partial charge in [0.2, 0.25) is 0 Å². The molecule has 0 aromatic heterocycles. The minimum atomic E-state index is -0.416. The number of hydrogen-bond donors (Lipinski definition) is 1. The van der Waals surface area contributed by atoms with Crippen LogP contribution in [0.4, 0.5) is 4.79 Å². The number of benzene rings is 1. The Morgan fingerprint density at radius 1 is 1.25 bits per heavy atom. The smallest absolute Gasteiger partial charge is 0.410 e. The van der Waals surface area contributed by atoms with E-state index in [1.807, 2.05) is 25.7 Å². The predicted octanol–water partition coefficient (Wildman–Crippen LogP) is 4.04. The van der Waals surface area contributed by atoms with E-state index in [4.69, 9.17) is 4.74 Å². The van der Waals surface area contributed by atoms with Crippen molar-refractivity contribution in [3.63, 3.8) is 0 Å². The lowest BCUT2D eigenvalue weighted by molar-refractivity contribution is 0.0184. The number of rotatable bonds is 4. The van der Waals surface area contributed by atoms with Crippen molar-refractivity contribution >= 4 is 6.09 Å². The Bertz CT molecular complexity index is 555. The molecule has 0 radical (unpaired) electrons. The first kappa shape index (κ1) is 18.8. The monoisotopic (exact) mass is 332 g/mol. The molecular weight excluding hydrogens is 300 g/mol. The zero-order valence-electron chi connectivity index (χ0n) is 15.8. The van der Waals surface area contributed by atoms with Crippen LogP contribution in [-0.2, 0) is 11.3 Å². The highest BCUT2D eigenvalue weighted by atomic mass is 16.6. The SMILES string of the molecule is Cc1ccc(C)c(CNCC2CCN(C(=O)OC(C)(C)C)CC2)c1. The first-order valence-corrected chi connectivity index (χ1v) is 8.99. The molecule has 0 saturated carbocycles. The van der Waals surface area contributed by atoms with Crippen molar-refractivity contribution in [1.29, 1.82) is 0 Å². The van der Waals surface area contributed by atoms with Gasteiger partial charge >= 0.3 is 6.09 Å². The fourth-order valence-corrected chi connectivity index (χ4v) is 3.05. The fraction of sp³-hybridized carbons (Fsp3) is 0.650. The van der Waals surface area contributed by atoms with Gasteiger partial charge in [0.1, 0.15) is 5.60 Å². The molecule has 0 aliphatic carbocycles. The van der Waals surface area contributed by atoms with Gasteiger partial charge in [-0.3, -0.25) is 0 Å². The van der Waals surface area contributed by atoms with Crippen LogP contribution in [0.1, 0.15) is 50.3 Å². The molecule has 1 aliphatic heterocycles. The minimum absolute atomic E-state index is 0.177. The summed E-state index contributed by atoms with van der Waals surface area (Å²) in [6.45, 7) is 13.6. The standard InChI is InChI=1S/C20H32N2O2/c1-15-6-7-16(2)18(12-15)14-21-13-17-8-10-22(11-9-17)19(23)24-20(3,4)5/h6-7,12,17,21H,8-11,13-14H2,1-5H3. The molecule has 0 atom stereocenters. The van der Waals surface area contributed by atoms with Gasteiger partial charge in [0, 0.05) is 19.6 Å². The van der Waals surface area contributed by atoms with Gasteiger partial charge in [-0.05, 0) is 71.0 Å². The summed E-state index contributed by atoms with van der Waals surface area (Å²) in [4.78, 5) is 13.9. The molecule has 0 bridgehead atoms. The molecule has 134 valence electrons. The highest BCUT2D eigenvalue weighted by Gasteiger charge is 2.26. The molecule has 1 fully saturated rings. The number of carbonyl (C=O) groups excluding carboxylic acids is 1. The van der Waals surface area contributed by atoms with Gasteiger partial charge in [-0.15, -0.1) is 0 Å². The molecule has 1 heterocycles. The van der Waals surface area contributed by atoms with Crippen molar-refractivity contribution in [2.75, 3.05) is 19.6 Å². The number of carbonyl (C=O) groups is 1. The second-order valence-corrected chi connectivity index (χ2v) is 7.97. The first-order chi connectivity index (χ1) is 11.2. The van der Waals surface area contributed by atoms with Crippen LogP contribution in [0.15, 0.2) is 18.2 Å². The first-order valence-electron chi connectivity index (χ1n) is 8.99. The molecule has 0 spiro atoms. The van der Waals surface area contributed by atoms with Crippen molar-refractivity contribution in [2.45, 2.75) is 59.6 Å². The molecule has 1 aliphatic rings. The molecule has 1 aromatic rings. The van der Waals surface area contributed by atoms with Crippen LogP contribution in [0.25, 0.3) is 0 Å². The van der Waals surface area contributed by atoms with Gasteiger partial charge in [-0.2, -0.15) is 0 Å². The van der Waals surface area contributed by atoms with Crippen LogP contribution < -0.4 is 5.32 Å². The summed E-state index contributed by atoms with van der Waals surface area (Å²) in [6, 6.07) is 6.60. The van der Waals surface area contributed by atoms with Gasteiger partial charge < -0.3 is 15.0 Å². The summed E-state index contributed by atoms with van der Waals surface area (Å²) in [7, 11) is 0. The third kappa shape index (κ3) is 5.82. The van der Waals surface area contributed by atoms with Crippen LogP contribution in [0.2, 0.25) is 0 Å². The van der Waals surface area contributed by atoms with E-state index in [0.29, 0.717) is 5.92 Å². The highest BCUT2D eigenvalue weighted by Crippen LogP contribution is 2.19. The molecule has 0 unspecified atom stereocenters. The van der Waals surface area contributed by atoms with E-state index in [9.17, 15) is 4.79 Å². The molecular formula is C20H32N2O2. The van der Waals surface area contributed by atoms with Crippen molar-refractivity contribution in [3.05, 3.63) is 34.9 Å². The molecule has 24 heavy (non-hydrogen) atoms. The average Bonchev–Trinajstić information content (AvgIpc) is 2.49. The van der Waals surface area contributed by atoms with Crippen molar-refractivity contribution < 1.29 is 9.53 Å². The molecule has 4 heteroatoms. The summed E-state index contributed by atoms with van der Waals surface area (Å²) in [5.74, 6) is 0.633. The van der Waals surface area contributed by atoms with Crippen LogP contribution in [0, 0.1) is 19.8 Å². The minimum Gasteiger partial charge on any atom is -0.444 e. The number of hydrogen-bond acceptors (Lipinski definition) is 3. The number of nitrogens with one attached hydrogen (secondary N) is 1. The molecule has 1 N–H and O–H groups in total. The topological polar surface area (TPSA) is 41.6 Å². The average molecular weight is 332 g/mol. The maximum absolute atomic E-state index is 12.1. The summed E-state index contributed by atoms with van der Waals surface area (Å²) in [5.41, 5.74) is 3.61. The molecule has 4 nitrogen and oxygen atoms in total. The predicted molar refractivity (Wildman–Crippen MR) is 98.2 cm³/mol. The molecule has 2 rings (SSSR count). The zero-order chi connectivity index (χ0) is 17.7.